The van der Waals surface area contributed by atoms with Gasteiger partial charge >= 0.3 is 18.3 Å². The molecular formula is C25H27F6NO3. The first-order chi connectivity index (χ1) is 16.4. The number of fused-ring (bicyclic) bond motifs is 1. The minimum atomic E-state index is -4.70. The van der Waals surface area contributed by atoms with Gasteiger partial charge in [-0.1, -0.05) is 18.2 Å². The summed E-state index contributed by atoms with van der Waals surface area (Å²) in [6, 6.07) is 7.51. The molecule has 2 aliphatic rings. The third-order valence-electron chi connectivity index (χ3n) is 7.10. The molecule has 35 heavy (non-hydrogen) atoms. The molecule has 2 aromatic rings. The Bertz CT molecular complexity index is 1050. The number of alkyl halides is 6. The van der Waals surface area contributed by atoms with E-state index in [0.717, 1.165) is 5.56 Å². The lowest BCUT2D eigenvalue weighted by Gasteiger charge is -2.31. The molecule has 1 N–H and O–H groups in total. The quantitative estimate of drug-likeness (QED) is 0.464. The zero-order valence-electron chi connectivity index (χ0n) is 19.0. The van der Waals surface area contributed by atoms with Crippen LogP contribution in [0.15, 0.2) is 30.3 Å². The van der Waals surface area contributed by atoms with Gasteiger partial charge in [0.25, 0.3) is 0 Å². The standard InChI is InChI=1S/C25H27F6NO3/c26-24(27,28)18-3-5-19(6-4-18)35-21-8-2-17-13-15(1-7-20(17)22(21)25(29,30)31)14-32-11-9-16(10-12-32)23(33)34/h1-2,7-8,13,16,18-19H,3-6,9-12,14H2,(H,33,34). The SMILES string of the molecule is O=C(O)C1CCN(Cc2ccc3c(C(F)(F)F)c(OC4CCC(C(F)(F)F)CC4)ccc3c2)CC1. The summed E-state index contributed by atoms with van der Waals surface area (Å²) in [5.41, 5.74) is -0.0969. The molecule has 0 spiro atoms. The Morgan fingerprint density at radius 1 is 0.943 bits per heavy atom. The molecule has 0 aromatic heterocycles. The fraction of sp³-hybridized carbons (Fsp3) is 0.560. The van der Waals surface area contributed by atoms with Gasteiger partial charge in [-0.05, 0) is 80.1 Å². The van der Waals surface area contributed by atoms with E-state index < -0.39 is 35.9 Å². The van der Waals surface area contributed by atoms with Crippen molar-refractivity contribution in [1.82, 2.24) is 4.90 Å². The van der Waals surface area contributed by atoms with Crippen LogP contribution < -0.4 is 4.74 Å². The Balaban J connectivity index is 1.51. The largest absolute Gasteiger partial charge is 0.490 e. The highest BCUT2D eigenvalue weighted by Gasteiger charge is 2.42. The summed E-state index contributed by atoms with van der Waals surface area (Å²) in [4.78, 5) is 13.2. The molecule has 1 aliphatic carbocycles. The highest BCUT2D eigenvalue weighted by atomic mass is 19.4. The molecule has 1 saturated carbocycles. The molecule has 10 heteroatoms. The van der Waals surface area contributed by atoms with E-state index in [1.807, 2.05) is 0 Å². The third kappa shape index (κ3) is 6.02. The van der Waals surface area contributed by atoms with E-state index in [4.69, 9.17) is 9.84 Å². The van der Waals surface area contributed by atoms with Crippen molar-refractivity contribution in [3.63, 3.8) is 0 Å². The molecule has 2 aromatic carbocycles. The van der Waals surface area contributed by atoms with Crippen molar-refractivity contribution >= 4 is 16.7 Å². The molecule has 0 bridgehead atoms. The lowest BCUT2D eigenvalue weighted by molar-refractivity contribution is -0.185. The fourth-order valence-corrected chi connectivity index (χ4v) is 5.13. The zero-order valence-corrected chi connectivity index (χ0v) is 19.0. The first kappa shape index (κ1) is 25.6. The van der Waals surface area contributed by atoms with E-state index in [0.29, 0.717) is 37.9 Å². The predicted molar refractivity (Wildman–Crippen MR) is 117 cm³/mol. The predicted octanol–water partition coefficient (Wildman–Crippen LogP) is 6.66. The van der Waals surface area contributed by atoms with Gasteiger partial charge in [0.15, 0.2) is 0 Å². The van der Waals surface area contributed by atoms with Crippen molar-refractivity contribution in [3.8, 4) is 5.75 Å². The van der Waals surface area contributed by atoms with Crippen LogP contribution in [0.2, 0.25) is 0 Å². The maximum Gasteiger partial charge on any atom is 0.420 e. The molecule has 0 amide bonds. The Labute approximate surface area is 198 Å². The maximum absolute atomic E-state index is 14.0. The molecular weight excluding hydrogens is 476 g/mol. The molecule has 4 nitrogen and oxygen atoms in total. The number of nitrogens with zero attached hydrogens (tertiary/aromatic N) is 1. The van der Waals surface area contributed by atoms with Crippen molar-refractivity contribution in [1.29, 1.82) is 0 Å². The van der Waals surface area contributed by atoms with Crippen LogP contribution in [0.5, 0.6) is 5.75 Å². The minimum Gasteiger partial charge on any atom is -0.490 e. The van der Waals surface area contributed by atoms with Crippen molar-refractivity contribution < 1.29 is 41.0 Å². The Hall–Kier alpha value is -2.49. The number of likely N-dealkylation sites (tertiary alicyclic amines) is 1. The second-order valence-corrected chi connectivity index (χ2v) is 9.51. The monoisotopic (exact) mass is 503 g/mol. The van der Waals surface area contributed by atoms with E-state index in [-0.39, 0.29) is 42.7 Å². The number of rotatable bonds is 5. The number of piperidine rings is 1. The second kappa shape index (κ2) is 9.87. The molecule has 1 heterocycles. The van der Waals surface area contributed by atoms with Gasteiger partial charge in [0.1, 0.15) is 11.3 Å². The van der Waals surface area contributed by atoms with Gasteiger partial charge in [0.2, 0.25) is 0 Å². The first-order valence-corrected chi connectivity index (χ1v) is 11.7. The number of hydrogen-bond donors (Lipinski definition) is 1. The average molecular weight is 503 g/mol. The summed E-state index contributed by atoms with van der Waals surface area (Å²) in [5, 5.41) is 9.50. The normalized spacial score (nSPS) is 22.9. The lowest BCUT2D eigenvalue weighted by Crippen LogP contribution is -2.35. The number of carbonyl (C=O) groups is 1. The van der Waals surface area contributed by atoms with Gasteiger partial charge in [-0.25, -0.2) is 0 Å². The molecule has 1 aliphatic heterocycles. The minimum absolute atomic E-state index is 0.0210. The van der Waals surface area contributed by atoms with Crippen LogP contribution in [-0.4, -0.2) is 41.3 Å². The van der Waals surface area contributed by atoms with Crippen LogP contribution in [0.1, 0.15) is 49.7 Å². The molecule has 192 valence electrons. The Morgan fingerprint density at radius 3 is 2.17 bits per heavy atom. The molecule has 0 unspecified atom stereocenters. The van der Waals surface area contributed by atoms with E-state index >= 15 is 0 Å². The zero-order chi connectivity index (χ0) is 25.4. The van der Waals surface area contributed by atoms with E-state index in [9.17, 15) is 31.1 Å². The number of carboxylic acids is 1. The fourth-order valence-electron chi connectivity index (χ4n) is 5.13. The van der Waals surface area contributed by atoms with Crippen molar-refractivity contribution in [2.75, 3.05) is 13.1 Å². The van der Waals surface area contributed by atoms with Crippen LogP contribution in [0.3, 0.4) is 0 Å². The summed E-state index contributed by atoms with van der Waals surface area (Å²) >= 11 is 0. The van der Waals surface area contributed by atoms with Crippen LogP contribution in [-0.2, 0) is 17.5 Å². The Morgan fingerprint density at radius 2 is 1.60 bits per heavy atom. The maximum atomic E-state index is 14.0. The van der Waals surface area contributed by atoms with Gasteiger partial charge in [0, 0.05) is 6.54 Å². The smallest absolute Gasteiger partial charge is 0.420 e. The third-order valence-corrected chi connectivity index (χ3v) is 7.10. The van der Waals surface area contributed by atoms with E-state index in [1.165, 1.54) is 12.1 Å². The van der Waals surface area contributed by atoms with Crippen LogP contribution in [0.25, 0.3) is 10.8 Å². The number of ether oxygens (including phenoxy) is 1. The highest BCUT2D eigenvalue weighted by molar-refractivity contribution is 5.89. The number of aliphatic carboxylic acids is 1. The molecule has 2 fully saturated rings. The van der Waals surface area contributed by atoms with E-state index in [1.54, 1.807) is 18.2 Å². The van der Waals surface area contributed by atoms with Crippen LogP contribution in [0, 0.1) is 11.8 Å². The average Bonchev–Trinajstić information content (AvgIpc) is 2.78. The van der Waals surface area contributed by atoms with Crippen LogP contribution in [0.4, 0.5) is 26.3 Å². The summed E-state index contributed by atoms with van der Waals surface area (Å²) in [6.07, 6.45) is -8.83. The van der Waals surface area contributed by atoms with Gasteiger partial charge < -0.3 is 9.84 Å². The summed E-state index contributed by atoms with van der Waals surface area (Å²) in [7, 11) is 0. The van der Waals surface area contributed by atoms with E-state index in [2.05, 4.69) is 4.90 Å². The van der Waals surface area contributed by atoms with Crippen molar-refractivity contribution in [2.24, 2.45) is 11.8 Å². The molecule has 0 radical (unpaired) electrons. The number of benzene rings is 2. The second-order valence-electron chi connectivity index (χ2n) is 9.51. The number of carboxylic acid groups (broad SMARTS) is 1. The molecule has 4 rings (SSSR count). The number of hydrogen-bond acceptors (Lipinski definition) is 3. The van der Waals surface area contributed by atoms with Crippen molar-refractivity contribution in [3.05, 3.63) is 41.5 Å². The van der Waals surface area contributed by atoms with Crippen molar-refractivity contribution in [2.45, 2.75) is 63.5 Å². The summed E-state index contributed by atoms with van der Waals surface area (Å²) < 4.78 is 86.5. The van der Waals surface area contributed by atoms with Crippen LogP contribution >= 0.6 is 0 Å². The summed E-state index contributed by atoms with van der Waals surface area (Å²) in [6.45, 7) is 1.71. The van der Waals surface area contributed by atoms with Gasteiger partial charge in [-0.3, -0.25) is 9.69 Å². The van der Waals surface area contributed by atoms with Gasteiger partial charge in [-0.15, -0.1) is 0 Å². The Kier molecular flexibility index (Phi) is 7.22. The molecule has 1 saturated heterocycles. The first-order valence-electron chi connectivity index (χ1n) is 11.7. The lowest BCUT2D eigenvalue weighted by atomic mass is 9.87. The van der Waals surface area contributed by atoms with Gasteiger partial charge in [0.05, 0.1) is 17.9 Å². The summed E-state index contributed by atoms with van der Waals surface area (Å²) in [5.74, 6) is -2.96. The topological polar surface area (TPSA) is 49.8 Å². The van der Waals surface area contributed by atoms with Gasteiger partial charge in [-0.2, -0.15) is 26.3 Å². The highest BCUT2D eigenvalue weighted by Crippen LogP contribution is 2.44. The number of halogens is 6. The molecule has 0 atom stereocenters.